The van der Waals surface area contributed by atoms with Crippen LogP contribution in [0.5, 0.6) is 0 Å². The van der Waals surface area contributed by atoms with Gasteiger partial charge in [0.15, 0.2) is 0 Å². The molecule has 3 heterocycles. The number of hydrogen-bond donors (Lipinski definition) is 2. The topological polar surface area (TPSA) is 83.0 Å². The molecule has 2 aromatic rings. The van der Waals surface area contributed by atoms with Crippen LogP contribution < -0.4 is 15.5 Å². The number of rotatable bonds is 4. The largest absolute Gasteiger partial charge is 0.340 e. The average molecular weight is 347 g/mol. The number of nitrogens with one attached hydrogen (secondary N) is 2. The van der Waals surface area contributed by atoms with Crippen LogP contribution in [0.4, 0.5) is 16.4 Å². The first-order chi connectivity index (χ1) is 11.7. The van der Waals surface area contributed by atoms with Crippen molar-refractivity contribution in [1.29, 1.82) is 0 Å². The van der Waals surface area contributed by atoms with Crippen LogP contribution in [-0.4, -0.2) is 40.6 Å². The van der Waals surface area contributed by atoms with Gasteiger partial charge < -0.3 is 15.5 Å². The normalized spacial score (nSPS) is 17.4. The van der Waals surface area contributed by atoms with Gasteiger partial charge in [0.2, 0.25) is 5.95 Å². The Balaban J connectivity index is 1.47. The molecule has 2 amide bonds. The van der Waals surface area contributed by atoms with E-state index in [9.17, 15) is 4.79 Å². The highest BCUT2D eigenvalue weighted by molar-refractivity contribution is 6.29. The molecule has 1 atom stereocenters. The third-order valence-electron chi connectivity index (χ3n) is 3.89. The Kier molecular flexibility index (Phi) is 5.43. The fourth-order valence-corrected chi connectivity index (χ4v) is 2.84. The molecule has 1 aliphatic heterocycles. The number of carbonyl (C=O) groups excluding carboxylic acids is 1. The standard InChI is InChI=1S/C16H19ClN6O/c17-14-5-4-13(10-20-14)22-16(24)21-9-12-3-1-8-23(11-12)15-18-6-2-7-19-15/h2,4-7,10,12H,1,3,8-9,11H2,(H2,21,22,24)/t12-/m1/s1. The molecular weight excluding hydrogens is 328 g/mol. The van der Waals surface area contributed by atoms with E-state index < -0.39 is 0 Å². The van der Waals surface area contributed by atoms with E-state index in [1.165, 1.54) is 6.20 Å². The fraction of sp³-hybridized carbons (Fsp3) is 0.375. The van der Waals surface area contributed by atoms with E-state index in [0.717, 1.165) is 31.9 Å². The van der Waals surface area contributed by atoms with Gasteiger partial charge in [-0.1, -0.05) is 11.6 Å². The van der Waals surface area contributed by atoms with Crippen LogP contribution in [0.15, 0.2) is 36.8 Å². The second-order valence-corrected chi connectivity index (χ2v) is 6.09. The summed E-state index contributed by atoms with van der Waals surface area (Å²) in [7, 11) is 0. The Morgan fingerprint density at radius 3 is 2.88 bits per heavy atom. The quantitative estimate of drug-likeness (QED) is 0.831. The van der Waals surface area contributed by atoms with Crippen molar-refractivity contribution >= 4 is 29.3 Å². The van der Waals surface area contributed by atoms with Gasteiger partial charge >= 0.3 is 6.03 Å². The monoisotopic (exact) mass is 346 g/mol. The first-order valence-corrected chi connectivity index (χ1v) is 8.27. The summed E-state index contributed by atoms with van der Waals surface area (Å²) in [5.41, 5.74) is 0.611. The minimum atomic E-state index is -0.243. The summed E-state index contributed by atoms with van der Waals surface area (Å²) >= 11 is 5.72. The predicted molar refractivity (Wildman–Crippen MR) is 93.2 cm³/mol. The number of amides is 2. The van der Waals surface area contributed by atoms with Crippen LogP contribution in [0.25, 0.3) is 0 Å². The van der Waals surface area contributed by atoms with E-state index in [4.69, 9.17) is 11.6 Å². The van der Waals surface area contributed by atoms with Gasteiger partial charge in [0.1, 0.15) is 5.15 Å². The van der Waals surface area contributed by atoms with Crippen LogP contribution in [0, 0.1) is 5.92 Å². The number of aromatic nitrogens is 3. The number of piperidine rings is 1. The maximum Gasteiger partial charge on any atom is 0.319 e. The Morgan fingerprint density at radius 1 is 1.29 bits per heavy atom. The maximum atomic E-state index is 12.0. The molecule has 0 aliphatic carbocycles. The Labute approximate surface area is 145 Å². The molecule has 2 aromatic heterocycles. The van der Waals surface area contributed by atoms with Crippen molar-refractivity contribution in [3.63, 3.8) is 0 Å². The first-order valence-electron chi connectivity index (χ1n) is 7.89. The summed E-state index contributed by atoms with van der Waals surface area (Å²) in [6.07, 6.45) is 7.16. The van der Waals surface area contributed by atoms with Gasteiger partial charge in [-0.3, -0.25) is 0 Å². The molecule has 24 heavy (non-hydrogen) atoms. The smallest absolute Gasteiger partial charge is 0.319 e. The fourth-order valence-electron chi connectivity index (χ4n) is 2.73. The lowest BCUT2D eigenvalue weighted by atomic mass is 9.98. The second kappa shape index (κ2) is 7.92. The molecule has 1 saturated heterocycles. The van der Waals surface area contributed by atoms with Crippen molar-refractivity contribution in [2.75, 3.05) is 29.9 Å². The summed E-state index contributed by atoms with van der Waals surface area (Å²) in [5, 5.41) is 6.05. The minimum absolute atomic E-state index is 0.243. The Bertz CT molecular complexity index is 666. The van der Waals surface area contributed by atoms with E-state index in [1.807, 2.05) is 6.07 Å². The van der Waals surface area contributed by atoms with Gasteiger partial charge in [-0.15, -0.1) is 0 Å². The molecule has 1 aliphatic rings. The molecule has 0 radical (unpaired) electrons. The van der Waals surface area contributed by atoms with Gasteiger partial charge in [-0.2, -0.15) is 0 Å². The first kappa shape index (κ1) is 16.4. The van der Waals surface area contributed by atoms with Crippen LogP contribution in [0.1, 0.15) is 12.8 Å². The van der Waals surface area contributed by atoms with Gasteiger partial charge in [0.05, 0.1) is 11.9 Å². The molecule has 0 unspecified atom stereocenters. The van der Waals surface area contributed by atoms with Crippen LogP contribution >= 0.6 is 11.6 Å². The van der Waals surface area contributed by atoms with Crippen molar-refractivity contribution in [3.8, 4) is 0 Å². The van der Waals surface area contributed by atoms with Gasteiger partial charge in [0, 0.05) is 32.0 Å². The molecule has 1 fully saturated rings. The highest BCUT2D eigenvalue weighted by Crippen LogP contribution is 2.19. The van der Waals surface area contributed by atoms with E-state index in [1.54, 1.807) is 24.5 Å². The second-order valence-electron chi connectivity index (χ2n) is 5.71. The number of nitrogens with zero attached hydrogens (tertiary/aromatic N) is 4. The van der Waals surface area contributed by atoms with Crippen molar-refractivity contribution in [2.45, 2.75) is 12.8 Å². The number of hydrogen-bond acceptors (Lipinski definition) is 5. The SMILES string of the molecule is O=C(NC[C@H]1CCCN(c2ncccn2)C1)Nc1ccc(Cl)nc1. The lowest BCUT2D eigenvalue weighted by Gasteiger charge is -2.32. The van der Waals surface area contributed by atoms with Gasteiger partial charge in [0.25, 0.3) is 0 Å². The molecular formula is C16H19ClN6O. The zero-order valence-corrected chi connectivity index (χ0v) is 13.9. The molecule has 0 bridgehead atoms. The van der Waals surface area contributed by atoms with Crippen molar-refractivity contribution in [3.05, 3.63) is 41.9 Å². The van der Waals surface area contributed by atoms with Gasteiger partial charge in [-0.05, 0) is 37.0 Å². The van der Waals surface area contributed by atoms with E-state index in [2.05, 4.69) is 30.5 Å². The van der Waals surface area contributed by atoms with Crippen LogP contribution in [0.2, 0.25) is 5.15 Å². The molecule has 7 nitrogen and oxygen atoms in total. The summed E-state index contributed by atoms with van der Waals surface area (Å²) in [5.74, 6) is 1.12. The summed E-state index contributed by atoms with van der Waals surface area (Å²) < 4.78 is 0. The molecule has 0 aromatic carbocycles. The third kappa shape index (κ3) is 4.55. The lowest BCUT2D eigenvalue weighted by molar-refractivity contribution is 0.249. The molecule has 126 valence electrons. The predicted octanol–water partition coefficient (Wildman–Crippen LogP) is 2.56. The molecule has 0 saturated carbocycles. The minimum Gasteiger partial charge on any atom is -0.340 e. The van der Waals surface area contributed by atoms with E-state index in [0.29, 0.717) is 23.3 Å². The number of anilines is 2. The molecule has 8 heteroatoms. The number of urea groups is 1. The highest BCUT2D eigenvalue weighted by atomic mass is 35.5. The van der Waals surface area contributed by atoms with Crippen molar-refractivity contribution in [2.24, 2.45) is 5.92 Å². The molecule has 3 rings (SSSR count). The number of carbonyl (C=O) groups is 1. The number of pyridine rings is 1. The third-order valence-corrected chi connectivity index (χ3v) is 4.11. The zero-order chi connectivity index (χ0) is 16.8. The van der Waals surface area contributed by atoms with E-state index in [-0.39, 0.29) is 6.03 Å². The summed E-state index contributed by atoms with van der Waals surface area (Å²) in [6, 6.07) is 4.91. The molecule has 0 spiro atoms. The van der Waals surface area contributed by atoms with Crippen molar-refractivity contribution in [1.82, 2.24) is 20.3 Å². The lowest BCUT2D eigenvalue weighted by Crippen LogP contribution is -2.42. The zero-order valence-electron chi connectivity index (χ0n) is 13.2. The average Bonchev–Trinajstić information content (AvgIpc) is 2.63. The van der Waals surface area contributed by atoms with Crippen molar-refractivity contribution < 1.29 is 4.79 Å². The summed E-state index contributed by atoms with van der Waals surface area (Å²) in [6.45, 7) is 2.39. The molecule has 2 N–H and O–H groups in total. The van der Waals surface area contributed by atoms with E-state index >= 15 is 0 Å². The van der Waals surface area contributed by atoms with Crippen LogP contribution in [-0.2, 0) is 0 Å². The Morgan fingerprint density at radius 2 is 2.12 bits per heavy atom. The highest BCUT2D eigenvalue weighted by Gasteiger charge is 2.22. The Hall–Kier alpha value is -2.41. The summed E-state index contributed by atoms with van der Waals surface area (Å²) in [4.78, 5) is 26.6. The van der Waals surface area contributed by atoms with Crippen LogP contribution in [0.3, 0.4) is 0 Å². The number of halogens is 1. The van der Waals surface area contributed by atoms with Gasteiger partial charge in [-0.25, -0.2) is 19.7 Å². The maximum absolute atomic E-state index is 12.0.